The summed E-state index contributed by atoms with van der Waals surface area (Å²) in [6.07, 6.45) is 3.75. The van der Waals surface area contributed by atoms with Gasteiger partial charge in [0.25, 0.3) is 0 Å². The topological polar surface area (TPSA) is 49.2 Å². The number of hydrogen-bond acceptors (Lipinski definition) is 4. The molecule has 0 radical (unpaired) electrons. The van der Waals surface area contributed by atoms with E-state index in [4.69, 9.17) is 9.31 Å². The van der Waals surface area contributed by atoms with E-state index in [-0.39, 0.29) is 11.2 Å². The van der Waals surface area contributed by atoms with E-state index in [0.29, 0.717) is 6.54 Å². The molecular formula is C16H22BN3O2. The first kappa shape index (κ1) is 15.2. The first-order valence-electron chi connectivity index (χ1n) is 7.58. The van der Waals surface area contributed by atoms with Crippen LogP contribution in [0.5, 0.6) is 0 Å². The fourth-order valence-corrected chi connectivity index (χ4v) is 2.41. The average molecular weight is 299 g/mol. The number of nitrogens with zero attached hydrogens (tertiary/aromatic N) is 3. The van der Waals surface area contributed by atoms with Crippen molar-refractivity contribution in [1.29, 1.82) is 0 Å². The molecule has 1 fully saturated rings. The van der Waals surface area contributed by atoms with E-state index < -0.39 is 7.12 Å². The van der Waals surface area contributed by atoms with Gasteiger partial charge in [-0.3, -0.25) is 9.67 Å². The number of pyridine rings is 1. The lowest BCUT2D eigenvalue weighted by molar-refractivity contribution is 0.00578. The highest BCUT2D eigenvalue weighted by Gasteiger charge is 2.52. The van der Waals surface area contributed by atoms with E-state index in [1.807, 2.05) is 57.6 Å². The highest BCUT2D eigenvalue weighted by molar-refractivity contribution is 6.61. The van der Waals surface area contributed by atoms with Crippen LogP contribution in [0.15, 0.2) is 30.6 Å². The molecule has 22 heavy (non-hydrogen) atoms. The monoisotopic (exact) mass is 299 g/mol. The number of aryl methyl sites for hydroxylation is 1. The molecule has 5 nitrogen and oxygen atoms in total. The Labute approximate surface area is 131 Å². The molecule has 3 rings (SSSR count). The molecule has 0 aromatic carbocycles. The van der Waals surface area contributed by atoms with E-state index in [0.717, 1.165) is 16.9 Å². The third-order valence-corrected chi connectivity index (χ3v) is 4.60. The summed E-state index contributed by atoms with van der Waals surface area (Å²) in [7, 11) is -0.416. The lowest BCUT2D eigenvalue weighted by Gasteiger charge is -2.32. The van der Waals surface area contributed by atoms with Crippen LogP contribution < -0.4 is 5.59 Å². The van der Waals surface area contributed by atoms with Gasteiger partial charge in [-0.15, -0.1) is 0 Å². The van der Waals surface area contributed by atoms with Gasteiger partial charge in [0.15, 0.2) is 0 Å². The summed E-state index contributed by atoms with van der Waals surface area (Å²) < 4.78 is 13.9. The Morgan fingerprint density at radius 1 is 1.14 bits per heavy atom. The van der Waals surface area contributed by atoms with Crippen LogP contribution in [0.3, 0.4) is 0 Å². The summed E-state index contributed by atoms with van der Waals surface area (Å²) in [5.41, 5.74) is 2.30. The summed E-state index contributed by atoms with van der Waals surface area (Å²) >= 11 is 0. The molecule has 0 spiro atoms. The summed E-state index contributed by atoms with van der Waals surface area (Å²) in [6, 6.07) is 5.97. The third kappa shape index (κ3) is 2.68. The van der Waals surface area contributed by atoms with Crippen molar-refractivity contribution in [2.24, 2.45) is 0 Å². The van der Waals surface area contributed by atoms with Crippen LogP contribution in [0.1, 0.15) is 39.0 Å². The van der Waals surface area contributed by atoms with Crippen LogP contribution in [0.4, 0.5) is 0 Å². The van der Waals surface area contributed by atoms with Crippen LogP contribution in [-0.4, -0.2) is 33.1 Å². The third-order valence-electron chi connectivity index (χ3n) is 4.60. The molecule has 0 unspecified atom stereocenters. The fourth-order valence-electron chi connectivity index (χ4n) is 2.41. The van der Waals surface area contributed by atoms with Crippen molar-refractivity contribution >= 4 is 12.7 Å². The molecule has 0 N–H and O–H groups in total. The summed E-state index contributed by atoms with van der Waals surface area (Å²) in [6.45, 7) is 10.9. The molecule has 3 heterocycles. The second kappa shape index (κ2) is 5.21. The van der Waals surface area contributed by atoms with Crippen molar-refractivity contribution in [3.8, 4) is 0 Å². The fraction of sp³-hybridized carbons (Fsp3) is 0.500. The maximum Gasteiger partial charge on any atom is 0.516 e. The molecule has 0 atom stereocenters. The van der Waals surface area contributed by atoms with Crippen LogP contribution in [0.25, 0.3) is 0 Å². The minimum atomic E-state index is -0.416. The molecule has 2 aromatic heterocycles. The Balaban J connectivity index is 1.77. The van der Waals surface area contributed by atoms with E-state index in [1.54, 1.807) is 6.20 Å². The summed E-state index contributed by atoms with van der Waals surface area (Å²) in [5, 5.41) is 4.60. The van der Waals surface area contributed by atoms with Gasteiger partial charge in [-0.05, 0) is 52.3 Å². The Morgan fingerprint density at radius 3 is 2.45 bits per heavy atom. The van der Waals surface area contributed by atoms with Gasteiger partial charge >= 0.3 is 7.12 Å². The number of hydrogen-bond donors (Lipinski definition) is 0. The number of rotatable bonds is 3. The highest BCUT2D eigenvalue weighted by Crippen LogP contribution is 2.36. The van der Waals surface area contributed by atoms with E-state index in [2.05, 4.69) is 16.1 Å². The zero-order valence-electron chi connectivity index (χ0n) is 13.8. The SMILES string of the molecule is Cc1ncccc1Cn1ccc(B2OC(C)(C)C(C)(C)O2)n1. The second-order valence-electron chi connectivity index (χ2n) is 6.77. The Kier molecular flexibility index (Phi) is 3.61. The lowest BCUT2D eigenvalue weighted by atomic mass is 9.85. The van der Waals surface area contributed by atoms with Gasteiger partial charge in [0, 0.05) is 18.1 Å². The van der Waals surface area contributed by atoms with Gasteiger partial charge < -0.3 is 9.31 Å². The van der Waals surface area contributed by atoms with Gasteiger partial charge in [0.1, 0.15) is 0 Å². The van der Waals surface area contributed by atoms with Crippen LogP contribution in [0, 0.1) is 6.92 Å². The molecule has 0 saturated carbocycles. The van der Waals surface area contributed by atoms with Gasteiger partial charge in [-0.2, -0.15) is 5.10 Å². The second-order valence-corrected chi connectivity index (χ2v) is 6.77. The van der Waals surface area contributed by atoms with Crippen LogP contribution in [-0.2, 0) is 15.9 Å². The van der Waals surface area contributed by atoms with Gasteiger partial charge in [-0.25, -0.2) is 0 Å². The minimum absolute atomic E-state index is 0.346. The van der Waals surface area contributed by atoms with Crippen molar-refractivity contribution in [1.82, 2.24) is 14.8 Å². The van der Waals surface area contributed by atoms with Crippen LogP contribution in [0.2, 0.25) is 0 Å². The smallest absolute Gasteiger partial charge is 0.398 e. The van der Waals surface area contributed by atoms with E-state index in [9.17, 15) is 0 Å². The quantitative estimate of drug-likeness (QED) is 0.813. The molecule has 1 aliphatic rings. The van der Waals surface area contributed by atoms with E-state index in [1.165, 1.54) is 0 Å². The largest absolute Gasteiger partial charge is 0.516 e. The Hall–Kier alpha value is -1.66. The van der Waals surface area contributed by atoms with Crippen molar-refractivity contribution in [2.45, 2.75) is 52.4 Å². The zero-order valence-corrected chi connectivity index (χ0v) is 13.8. The highest BCUT2D eigenvalue weighted by atomic mass is 16.7. The first-order valence-corrected chi connectivity index (χ1v) is 7.58. The van der Waals surface area contributed by atoms with Crippen molar-refractivity contribution in [3.63, 3.8) is 0 Å². The first-order chi connectivity index (χ1) is 10.3. The molecule has 6 heteroatoms. The van der Waals surface area contributed by atoms with Gasteiger partial charge in [-0.1, -0.05) is 6.07 Å². The maximum absolute atomic E-state index is 6.03. The Bertz CT molecular complexity index is 666. The van der Waals surface area contributed by atoms with Crippen molar-refractivity contribution < 1.29 is 9.31 Å². The predicted octanol–water partition coefficient (Wildman–Crippen LogP) is 1.93. The van der Waals surface area contributed by atoms with E-state index >= 15 is 0 Å². The average Bonchev–Trinajstić information content (AvgIpc) is 2.96. The molecule has 0 bridgehead atoms. The standard InChI is InChI=1S/C16H22BN3O2/c1-12-13(7-6-9-18-12)11-20-10-8-14(19-20)17-21-15(2,3)16(4,5)22-17/h6-10H,11H2,1-5H3. The molecular weight excluding hydrogens is 277 g/mol. The molecule has 1 aliphatic heterocycles. The summed E-state index contributed by atoms with van der Waals surface area (Å²) in [5.74, 6) is 0. The molecule has 1 saturated heterocycles. The number of aromatic nitrogens is 3. The molecule has 0 aliphatic carbocycles. The Morgan fingerprint density at radius 2 is 1.82 bits per heavy atom. The van der Waals surface area contributed by atoms with Crippen molar-refractivity contribution in [3.05, 3.63) is 41.9 Å². The normalized spacial score (nSPS) is 19.6. The lowest BCUT2D eigenvalue weighted by Crippen LogP contribution is -2.41. The van der Waals surface area contributed by atoms with Gasteiger partial charge in [0.05, 0.1) is 23.3 Å². The zero-order chi connectivity index (χ0) is 16.0. The molecule has 0 amide bonds. The predicted molar refractivity (Wildman–Crippen MR) is 86.0 cm³/mol. The minimum Gasteiger partial charge on any atom is -0.398 e. The molecule has 2 aromatic rings. The van der Waals surface area contributed by atoms with Crippen LogP contribution >= 0.6 is 0 Å². The van der Waals surface area contributed by atoms with Crippen molar-refractivity contribution in [2.75, 3.05) is 0 Å². The maximum atomic E-state index is 6.03. The van der Waals surface area contributed by atoms with Gasteiger partial charge in [0.2, 0.25) is 0 Å². The molecule has 116 valence electrons. The summed E-state index contributed by atoms with van der Waals surface area (Å²) in [4.78, 5) is 4.31.